The number of alkyl halides is 3. The Morgan fingerprint density at radius 1 is 1.00 bits per heavy atom. The normalized spacial score (nSPS) is 13.3. The van der Waals surface area contributed by atoms with Crippen molar-refractivity contribution in [3.8, 4) is 0 Å². The SMILES string of the molecule is CC(C)(C)NC(=O)c1ccc(C(F)(F)F)nc1C[C@H](O)[C@H](N)Cc1cc(F)ccc1F.O=C(O)/C=C/C(=O)O. The maximum Gasteiger partial charge on any atom is 0.433 e. The highest BCUT2D eigenvalue weighted by Crippen LogP contribution is 2.29. The number of hydrogen-bond acceptors (Lipinski definition) is 6. The van der Waals surface area contributed by atoms with Crippen LogP contribution in [0, 0.1) is 11.6 Å². The molecule has 0 saturated carbocycles. The summed E-state index contributed by atoms with van der Waals surface area (Å²) < 4.78 is 66.5. The number of aliphatic carboxylic acids is 2. The molecule has 9 nitrogen and oxygen atoms in total. The van der Waals surface area contributed by atoms with Gasteiger partial charge in [0.2, 0.25) is 0 Å². The Hall–Kier alpha value is -3.91. The summed E-state index contributed by atoms with van der Waals surface area (Å²) in [4.78, 5) is 35.2. The maximum absolute atomic E-state index is 13.8. The zero-order valence-electron chi connectivity index (χ0n) is 21.1. The van der Waals surface area contributed by atoms with Gasteiger partial charge in [-0.2, -0.15) is 13.2 Å². The number of hydrogen-bond donors (Lipinski definition) is 5. The number of nitrogens with two attached hydrogens (primary N) is 1. The first-order chi connectivity index (χ1) is 17.8. The quantitative estimate of drug-likeness (QED) is 0.243. The van der Waals surface area contributed by atoms with Crippen LogP contribution in [-0.4, -0.2) is 55.8 Å². The molecular weight excluding hydrogens is 533 g/mol. The van der Waals surface area contributed by atoms with Crippen molar-refractivity contribution in [2.45, 2.75) is 57.5 Å². The standard InChI is InChI=1S/C21H24F5N3O2.C4H4O4/c1-20(2,3)29-19(31)13-5-7-18(21(24,25)26)28-16(13)10-17(30)15(27)9-11-8-12(22)4-6-14(11)23;5-3(6)1-2-4(7)8/h4-8,15,17,30H,9-10,27H2,1-3H3,(H,29,31);1-2H,(H,5,6)(H,7,8)/b;2-1+/t15-,17+;/m1./s1. The number of nitrogens with zero attached hydrogens (tertiary/aromatic N) is 1. The second-order valence-electron chi connectivity index (χ2n) is 9.28. The van der Waals surface area contributed by atoms with Crippen molar-refractivity contribution in [3.05, 3.63) is 76.6 Å². The maximum atomic E-state index is 13.8. The average Bonchev–Trinajstić information content (AvgIpc) is 2.78. The van der Waals surface area contributed by atoms with Gasteiger partial charge >= 0.3 is 18.1 Å². The van der Waals surface area contributed by atoms with Crippen LogP contribution in [0.1, 0.15) is 48.1 Å². The van der Waals surface area contributed by atoms with Crippen molar-refractivity contribution in [1.82, 2.24) is 10.3 Å². The van der Waals surface area contributed by atoms with Crippen LogP contribution < -0.4 is 11.1 Å². The van der Waals surface area contributed by atoms with Gasteiger partial charge in [0.25, 0.3) is 5.91 Å². The molecule has 14 heteroatoms. The second kappa shape index (κ2) is 13.8. The van der Waals surface area contributed by atoms with E-state index in [-0.39, 0.29) is 23.2 Å². The first kappa shape index (κ1) is 33.1. The van der Waals surface area contributed by atoms with Crippen molar-refractivity contribution >= 4 is 17.8 Å². The van der Waals surface area contributed by atoms with E-state index in [4.69, 9.17) is 15.9 Å². The number of pyridine rings is 1. The van der Waals surface area contributed by atoms with E-state index in [0.29, 0.717) is 18.2 Å². The molecule has 0 aliphatic rings. The van der Waals surface area contributed by atoms with Gasteiger partial charge in [0.15, 0.2) is 0 Å². The van der Waals surface area contributed by atoms with Crippen LogP contribution in [-0.2, 0) is 28.6 Å². The molecule has 0 aliphatic heterocycles. The average molecular weight is 562 g/mol. The van der Waals surface area contributed by atoms with Gasteiger partial charge < -0.3 is 26.4 Å². The number of nitrogens with one attached hydrogen (secondary N) is 1. The van der Waals surface area contributed by atoms with Crippen LogP contribution in [0.25, 0.3) is 0 Å². The topological polar surface area (TPSA) is 163 Å². The lowest BCUT2D eigenvalue weighted by Gasteiger charge is -2.23. The fourth-order valence-corrected chi connectivity index (χ4v) is 3.01. The number of aliphatic hydroxyl groups excluding tert-OH is 1. The molecule has 6 N–H and O–H groups in total. The van der Waals surface area contributed by atoms with E-state index in [2.05, 4.69) is 10.3 Å². The highest BCUT2D eigenvalue weighted by molar-refractivity contribution is 5.95. The molecule has 0 fully saturated rings. The van der Waals surface area contributed by atoms with Crippen molar-refractivity contribution in [2.75, 3.05) is 0 Å². The Morgan fingerprint density at radius 3 is 2.05 bits per heavy atom. The number of halogens is 5. The number of carbonyl (C=O) groups is 3. The predicted molar refractivity (Wildman–Crippen MR) is 129 cm³/mol. The molecule has 2 rings (SSSR count). The molecule has 0 saturated heterocycles. The summed E-state index contributed by atoms with van der Waals surface area (Å²) in [6, 6.07) is 3.27. The van der Waals surface area contributed by atoms with Crippen LogP contribution in [0.4, 0.5) is 22.0 Å². The van der Waals surface area contributed by atoms with Gasteiger partial charge in [-0.05, 0) is 63.1 Å². The summed E-state index contributed by atoms with van der Waals surface area (Å²) in [5.74, 6) is -4.61. The van der Waals surface area contributed by atoms with Crippen molar-refractivity contribution < 1.29 is 51.7 Å². The Kier molecular flexibility index (Phi) is 11.7. The number of carboxylic acid groups (broad SMARTS) is 2. The molecule has 0 bridgehead atoms. The fourth-order valence-electron chi connectivity index (χ4n) is 3.01. The largest absolute Gasteiger partial charge is 0.478 e. The minimum absolute atomic E-state index is 0.0887. The van der Waals surface area contributed by atoms with Crippen LogP contribution in [0.15, 0.2) is 42.5 Å². The summed E-state index contributed by atoms with van der Waals surface area (Å²) in [6.45, 7) is 5.08. The lowest BCUT2D eigenvalue weighted by molar-refractivity contribution is -0.141. The fraction of sp³-hybridized carbons (Fsp3) is 0.360. The zero-order chi connectivity index (χ0) is 30.1. The molecule has 1 aromatic heterocycles. The van der Waals surface area contributed by atoms with Gasteiger partial charge in [-0.15, -0.1) is 0 Å². The molecule has 0 spiro atoms. The number of aliphatic hydroxyl groups is 1. The monoisotopic (exact) mass is 561 g/mol. The highest BCUT2D eigenvalue weighted by atomic mass is 19.4. The number of carboxylic acids is 2. The number of carbonyl (C=O) groups excluding carboxylic acids is 1. The van der Waals surface area contributed by atoms with Crippen molar-refractivity contribution in [1.29, 1.82) is 0 Å². The molecule has 2 atom stereocenters. The van der Waals surface area contributed by atoms with Gasteiger partial charge in [0.05, 0.1) is 17.4 Å². The van der Waals surface area contributed by atoms with Gasteiger partial charge in [-0.3, -0.25) is 4.79 Å². The molecule has 214 valence electrons. The van der Waals surface area contributed by atoms with E-state index in [1.54, 1.807) is 20.8 Å². The van der Waals surface area contributed by atoms with Gasteiger partial charge in [-0.25, -0.2) is 23.4 Å². The molecule has 1 amide bonds. The van der Waals surface area contributed by atoms with E-state index in [0.717, 1.165) is 24.3 Å². The van der Waals surface area contributed by atoms with Gasteiger partial charge in [-0.1, -0.05) is 0 Å². The van der Waals surface area contributed by atoms with Gasteiger partial charge in [0.1, 0.15) is 17.3 Å². The highest BCUT2D eigenvalue weighted by Gasteiger charge is 2.34. The Morgan fingerprint density at radius 2 is 1.56 bits per heavy atom. The molecule has 1 heterocycles. The van der Waals surface area contributed by atoms with Crippen LogP contribution >= 0.6 is 0 Å². The molecule has 1 aromatic carbocycles. The summed E-state index contributed by atoms with van der Waals surface area (Å²) >= 11 is 0. The van der Waals surface area contributed by atoms with E-state index < -0.39 is 65.5 Å². The minimum atomic E-state index is -4.76. The van der Waals surface area contributed by atoms with Gasteiger partial charge in [0, 0.05) is 30.2 Å². The van der Waals surface area contributed by atoms with E-state index in [1.165, 1.54) is 0 Å². The van der Waals surface area contributed by atoms with E-state index in [9.17, 15) is 41.4 Å². The first-order valence-electron chi connectivity index (χ1n) is 11.2. The van der Waals surface area contributed by atoms with Crippen LogP contribution in [0.3, 0.4) is 0 Å². The van der Waals surface area contributed by atoms with Crippen molar-refractivity contribution in [3.63, 3.8) is 0 Å². The molecular formula is C25H28F5N3O6. The lowest BCUT2D eigenvalue weighted by Crippen LogP contribution is -2.42. The summed E-state index contributed by atoms with van der Waals surface area (Å²) in [5, 5.41) is 28.7. The predicted octanol–water partition coefficient (Wildman–Crippen LogP) is 3.09. The Labute approximate surface area is 220 Å². The third kappa shape index (κ3) is 12.0. The Balaban J connectivity index is 0.000000824. The van der Waals surface area contributed by atoms with E-state index >= 15 is 0 Å². The zero-order valence-corrected chi connectivity index (χ0v) is 21.1. The third-order valence-corrected chi connectivity index (χ3v) is 4.73. The number of rotatable bonds is 8. The second-order valence-corrected chi connectivity index (χ2v) is 9.28. The minimum Gasteiger partial charge on any atom is -0.478 e. The Bertz CT molecular complexity index is 1200. The smallest absolute Gasteiger partial charge is 0.433 e. The molecule has 0 radical (unpaired) electrons. The molecule has 39 heavy (non-hydrogen) atoms. The lowest BCUT2D eigenvalue weighted by atomic mass is 9.96. The molecule has 0 aliphatic carbocycles. The first-order valence-corrected chi connectivity index (χ1v) is 11.2. The number of aromatic nitrogens is 1. The number of benzene rings is 1. The molecule has 0 unspecified atom stereocenters. The number of amides is 1. The van der Waals surface area contributed by atoms with E-state index in [1.807, 2.05) is 0 Å². The van der Waals surface area contributed by atoms with Crippen LogP contribution in [0.5, 0.6) is 0 Å². The summed E-state index contributed by atoms with van der Waals surface area (Å²) in [6.07, 6.45) is -5.88. The summed E-state index contributed by atoms with van der Waals surface area (Å²) in [5.41, 5.74) is 3.44. The third-order valence-electron chi connectivity index (χ3n) is 4.73. The molecule has 2 aromatic rings. The van der Waals surface area contributed by atoms with Crippen LogP contribution in [0.2, 0.25) is 0 Å². The van der Waals surface area contributed by atoms with Crippen molar-refractivity contribution in [2.24, 2.45) is 5.73 Å². The summed E-state index contributed by atoms with van der Waals surface area (Å²) in [7, 11) is 0.